The van der Waals surface area contributed by atoms with Crippen molar-refractivity contribution in [2.45, 2.75) is 50.8 Å². The van der Waals surface area contributed by atoms with Gasteiger partial charge in [0.25, 0.3) is 5.92 Å². The summed E-state index contributed by atoms with van der Waals surface area (Å²) < 4.78 is 43.8. The highest BCUT2D eigenvalue weighted by atomic mass is 35.5. The lowest BCUT2D eigenvalue weighted by Crippen LogP contribution is -2.68. The lowest BCUT2D eigenvalue weighted by atomic mass is 9.73. The van der Waals surface area contributed by atoms with E-state index in [0.29, 0.717) is 5.56 Å². The molecular formula is C27H31ClF2N2O7. The first-order valence-corrected chi connectivity index (χ1v) is 12.5. The molecule has 2 N–H and O–H groups in total. The van der Waals surface area contributed by atoms with Crippen LogP contribution in [0, 0.1) is 0 Å². The number of aliphatic carboxylic acids is 1. The van der Waals surface area contributed by atoms with Gasteiger partial charge in [0.15, 0.2) is 17.1 Å². The van der Waals surface area contributed by atoms with E-state index >= 15 is 0 Å². The van der Waals surface area contributed by atoms with Crippen LogP contribution < -0.4 is 14.8 Å². The summed E-state index contributed by atoms with van der Waals surface area (Å²) in [4.78, 5) is 38.8. The van der Waals surface area contributed by atoms with E-state index in [0.717, 1.165) is 5.56 Å². The minimum Gasteiger partial charge on any atom is -0.496 e. The maximum atomic E-state index is 13.7. The van der Waals surface area contributed by atoms with E-state index in [2.05, 4.69) is 5.32 Å². The molecule has 1 atom stereocenters. The number of carbonyl (C=O) groups is 3. The molecule has 0 heterocycles. The molecule has 9 nitrogen and oxygen atoms in total. The van der Waals surface area contributed by atoms with Gasteiger partial charge in [-0.1, -0.05) is 41.9 Å². The van der Waals surface area contributed by atoms with E-state index in [4.69, 9.17) is 25.8 Å². The number of methoxy groups -OCH3 is 2. The highest BCUT2D eigenvalue weighted by molar-refractivity contribution is 6.33. The van der Waals surface area contributed by atoms with Crippen LogP contribution in [-0.4, -0.2) is 66.6 Å². The van der Waals surface area contributed by atoms with E-state index in [1.807, 2.05) is 30.3 Å². The summed E-state index contributed by atoms with van der Waals surface area (Å²) in [6, 6.07) is 9.07. The van der Waals surface area contributed by atoms with Crippen molar-refractivity contribution in [2.75, 3.05) is 27.4 Å². The van der Waals surface area contributed by atoms with Crippen LogP contribution in [0.4, 0.5) is 13.6 Å². The zero-order valence-electron chi connectivity index (χ0n) is 22.1. The second-order valence-corrected chi connectivity index (χ2v) is 9.76. The van der Waals surface area contributed by atoms with Gasteiger partial charge in [-0.25, -0.2) is 18.4 Å². The average molecular weight is 569 g/mol. The number of benzene rings is 2. The molecular weight excluding hydrogens is 538 g/mol. The van der Waals surface area contributed by atoms with E-state index in [-0.39, 0.29) is 47.6 Å². The maximum absolute atomic E-state index is 13.7. The largest absolute Gasteiger partial charge is 0.496 e. The fourth-order valence-electron chi connectivity index (χ4n) is 4.59. The lowest BCUT2D eigenvalue weighted by Gasteiger charge is -2.45. The summed E-state index contributed by atoms with van der Waals surface area (Å²) in [5.74, 6) is -4.91. The second-order valence-electron chi connectivity index (χ2n) is 9.38. The number of ether oxygens (including phenoxy) is 3. The maximum Gasteiger partial charge on any atom is 0.329 e. The SMILES string of the molecule is COc1cc(C(C)N(CCOCc2ccccc2)C(=O)NC2(C(=O)O)CC(F)(F)C2)c(Cl)c(OC)c1C(C)=O. The van der Waals surface area contributed by atoms with Gasteiger partial charge >= 0.3 is 12.0 Å². The van der Waals surface area contributed by atoms with Crippen molar-refractivity contribution in [1.29, 1.82) is 0 Å². The van der Waals surface area contributed by atoms with E-state index in [9.17, 15) is 28.3 Å². The molecule has 1 aliphatic rings. The number of Topliss-reactive ketones (excluding diaryl/α,β-unsaturated/α-hetero) is 1. The predicted octanol–water partition coefficient (Wildman–Crippen LogP) is 5.10. The fraction of sp³-hybridized carbons (Fsp3) is 0.444. The molecule has 1 unspecified atom stereocenters. The summed E-state index contributed by atoms with van der Waals surface area (Å²) in [6.45, 7) is 3.20. The summed E-state index contributed by atoms with van der Waals surface area (Å²) in [7, 11) is 2.69. The Morgan fingerprint density at radius 3 is 2.31 bits per heavy atom. The Bertz CT molecular complexity index is 1220. The Morgan fingerprint density at radius 1 is 1.15 bits per heavy atom. The number of rotatable bonds is 12. The van der Waals surface area contributed by atoms with Crippen molar-refractivity contribution in [3.8, 4) is 11.5 Å². The van der Waals surface area contributed by atoms with Crippen LogP contribution in [0.3, 0.4) is 0 Å². The topological polar surface area (TPSA) is 114 Å². The number of carboxylic acid groups (broad SMARTS) is 1. The summed E-state index contributed by atoms with van der Waals surface area (Å²) in [5, 5.41) is 12.0. The Labute approximate surface area is 230 Å². The summed E-state index contributed by atoms with van der Waals surface area (Å²) >= 11 is 6.62. The number of alkyl halides is 2. The van der Waals surface area contributed by atoms with Gasteiger partial charge in [0.05, 0.1) is 38.5 Å². The minimum absolute atomic E-state index is 0.0403. The molecule has 2 amide bonds. The molecule has 1 fully saturated rings. The van der Waals surface area contributed by atoms with Crippen LogP contribution in [-0.2, 0) is 16.1 Å². The Hall–Kier alpha value is -3.44. The number of carbonyl (C=O) groups excluding carboxylic acids is 2. The van der Waals surface area contributed by atoms with Gasteiger partial charge in [-0.2, -0.15) is 0 Å². The number of halogens is 3. The monoisotopic (exact) mass is 568 g/mol. The van der Waals surface area contributed by atoms with E-state index in [1.165, 1.54) is 32.1 Å². The molecule has 1 aliphatic carbocycles. The summed E-state index contributed by atoms with van der Waals surface area (Å²) in [6.07, 6.45) is -2.05. The molecule has 2 aromatic rings. The lowest BCUT2D eigenvalue weighted by molar-refractivity contribution is -0.175. The first kappa shape index (κ1) is 30.1. The highest BCUT2D eigenvalue weighted by Crippen LogP contribution is 2.46. The third kappa shape index (κ3) is 6.59. The molecule has 0 aromatic heterocycles. The molecule has 2 aromatic carbocycles. The molecule has 0 radical (unpaired) electrons. The fourth-order valence-corrected chi connectivity index (χ4v) is 4.97. The number of carboxylic acids is 1. The van der Waals surface area contributed by atoms with Crippen molar-refractivity contribution in [3.05, 3.63) is 58.1 Å². The number of nitrogens with zero attached hydrogens (tertiary/aromatic N) is 1. The summed E-state index contributed by atoms with van der Waals surface area (Å²) in [5.41, 5.74) is -0.761. The van der Waals surface area contributed by atoms with Crippen LogP contribution in [0.5, 0.6) is 11.5 Å². The van der Waals surface area contributed by atoms with Gasteiger partial charge in [-0.15, -0.1) is 0 Å². The van der Waals surface area contributed by atoms with Crippen LogP contribution in [0.1, 0.15) is 54.2 Å². The predicted molar refractivity (Wildman–Crippen MR) is 139 cm³/mol. The van der Waals surface area contributed by atoms with Gasteiger partial charge in [0.1, 0.15) is 11.3 Å². The van der Waals surface area contributed by atoms with Crippen molar-refractivity contribution < 1.29 is 42.5 Å². The Kier molecular flexibility index (Phi) is 9.39. The Balaban J connectivity index is 1.92. The van der Waals surface area contributed by atoms with E-state index in [1.54, 1.807) is 6.92 Å². The van der Waals surface area contributed by atoms with Crippen LogP contribution in [0.2, 0.25) is 5.02 Å². The molecule has 1 saturated carbocycles. The number of hydrogen-bond acceptors (Lipinski definition) is 6. The molecule has 0 aliphatic heterocycles. The van der Waals surface area contributed by atoms with Crippen molar-refractivity contribution >= 4 is 29.4 Å². The molecule has 12 heteroatoms. The average Bonchev–Trinajstić information content (AvgIpc) is 2.87. The molecule has 39 heavy (non-hydrogen) atoms. The van der Waals surface area contributed by atoms with Gasteiger partial charge < -0.3 is 29.5 Å². The third-order valence-corrected chi connectivity index (χ3v) is 7.02. The molecule has 212 valence electrons. The normalized spacial score (nSPS) is 16.0. The molecule has 0 saturated heterocycles. The first-order valence-electron chi connectivity index (χ1n) is 12.1. The van der Waals surface area contributed by atoms with Crippen LogP contribution in [0.25, 0.3) is 0 Å². The number of amides is 2. The van der Waals surface area contributed by atoms with Gasteiger partial charge in [-0.05, 0) is 25.5 Å². The first-order chi connectivity index (χ1) is 18.4. The number of hydrogen-bond donors (Lipinski definition) is 2. The van der Waals surface area contributed by atoms with E-state index < -0.39 is 42.3 Å². The highest BCUT2D eigenvalue weighted by Gasteiger charge is 2.62. The third-order valence-electron chi connectivity index (χ3n) is 6.63. The zero-order chi connectivity index (χ0) is 29.0. The van der Waals surface area contributed by atoms with Gasteiger partial charge in [0.2, 0.25) is 0 Å². The zero-order valence-corrected chi connectivity index (χ0v) is 22.8. The number of nitrogens with one attached hydrogen (secondary N) is 1. The van der Waals surface area contributed by atoms with Gasteiger partial charge in [-0.3, -0.25) is 4.79 Å². The van der Waals surface area contributed by atoms with Crippen LogP contribution >= 0.6 is 11.6 Å². The smallest absolute Gasteiger partial charge is 0.329 e. The quantitative estimate of drug-likeness (QED) is 0.270. The van der Waals surface area contributed by atoms with Crippen molar-refractivity contribution in [2.24, 2.45) is 0 Å². The van der Waals surface area contributed by atoms with Gasteiger partial charge in [0, 0.05) is 24.9 Å². The standard InChI is InChI=1S/C27H31ClF2N2O7/c1-16(19-12-20(37-3)21(17(2)33)23(38-4)22(19)28)32(10-11-39-13-18-8-6-5-7-9-18)25(36)31-26(24(34)35)14-27(29,30)15-26/h5-9,12,16H,10-11,13-15H2,1-4H3,(H,31,36)(H,34,35). The molecule has 3 rings (SSSR count). The molecule has 0 spiro atoms. The second kappa shape index (κ2) is 12.2. The van der Waals surface area contributed by atoms with Crippen molar-refractivity contribution in [3.63, 3.8) is 0 Å². The number of ketones is 1. The minimum atomic E-state index is -3.20. The Morgan fingerprint density at radius 2 is 1.79 bits per heavy atom. The number of urea groups is 1. The van der Waals surface area contributed by atoms with Crippen molar-refractivity contribution in [1.82, 2.24) is 10.2 Å². The van der Waals surface area contributed by atoms with Crippen LogP contribution in [0.15, 0.2) is 36.4 Å². The molecule has 0 bridgehead atoms.